The molecular formula is C17H17Cl2N3O4S. The Morgan fingerprint density at radius 1 is 0.963 bits per heavy atom. The van der Waals surface area contributed by atoms with Gasteiger partial charge in [-0.3, -0.25) is 9.59 Å². The van der Waals surface area contributed by atoms with Gasteiger partial charge in [-0.05, 0) is 29.3 Å². The molecule has 4 N–H and O–H groups in total. The van der Waals surface area contributed by atoms with Crippen molar-refractivity contribution in [1.29, 1.82) is 0 Å². The number of hydrogen-bond acceptors (Lipinski definition) is 4. The Bertz CT molecular complexity index is 947. The fraction of sp³-hybridized carbons (Fsp3) is 0.176. The number of benzene rings is 2. The molecule has 144 valence electrons. The molecule has 2 amide bonds. The van der Waals surface area contributed by atoms with E-state index >= 15 is 0 Å². The molecule has 0 atom stereocenters. The van der Waals surface area contributed by atoms with Crippen LogP contribution in [0.4, 0.5) is 0 Å². The van der Waals surface area contributed by atoms with Crippen LogP contribution in [0.1, 0.15) is 21.5 Å². The molecule has 0 saturated carbocycles. The molecule has 2 rings (SSSR count). The van der Waals surface area contributed by atoms with E-state index in [1.807, 2.05) is 0 Å². The Hall–Kier alpha value is -2.13. The lowest BCUT2D eigenvalue weighted by Gasteiger charge is -2.09. The number of rotatable bonds is 7. The molecule has 0 radical (unpaired) electrons. The molecule has 0 saturated heterocycles. The maximum Gasteiger partial charge on any atom is 0.253 e. The summed E-state index contributed by atoms with van der Waals surface area (Å²) in [6.45, 7) is 0.00729. The normalized spacial score (nSPS) is 11.1. The first kappa shape index (κ1) is 21.2. The van der Waals surface area contributed by atoms with Crippen LogP contribution in [-0.2, 0) is 27.1 Å². The standard InChI is InChI=1S/C17H17Cl2N3O4S/c18-13-5-6-14(15(19)7-13)17(24)22-9-16(23)21-8-11-1-3-12(4-2-11)10-27(20,25)26/h1-7H,8-10H2,(H,21,23)(H,22,24)(H2,20,25,26). The molecule has 0 bridgehead atoms. The van der Waals surface area contributed by atoms with Crippen LogP contribution in [0.3, 0.4) is 0 Å². The van der Waals surface area contributed by atoms with Gasteiger partial charge in [-0.1, -0.05) is 47.5 Å². The summed E-state index contributed by atoms with van der Waals surface area (Å²) in [5.74, 6) is -1.12. The van der Waals surface area contributed by atoms with Crippen LogP contribution in [0, 0.1) is 0 Å². The Morgan fingerprint density at radius 2 is 1.59 bits per heavy atom. The Morgan fingerprint density at radius 3 is 2.19 bits per heavy atom. The molecule has 0 aliphatic carbocycles. The van der Waals surface area contributed by atoms with E-state index in [9.17, 15) is 18.0 Å². The second kappa shape index (κ2) is 9.18. The highest BCUT2D eigenvalue weighted by molar-refractivity contribution is 7.88. The number of primary sulfonamides is 1. The minimum atomic E-state index is -3.59. The van der Waals surface area contributed by atoms with Crippen molar-refractivity contribution >= 4 is 45.0 Å². The van der Waals surface area contributed by atoms with Crippen molar-refractivity contribution in [2.24, 2.45) is 5.14 Å². The van der Waals surface area contributed by atoms with E-state index < -0.39 is 15.9 Å². The topological polar surface area (TPSA) is 118 Å². The van der Waals surface area contributed by atoms with Crippen LogP contribution >= 0.6 is 23.2 Å². The smallest absolute Gasteiger partial charge is 0.253 e. The molecule has 0 heterocycles. The van der Waals surface area contributed by atoms with E-state index in [0.717, 1.165) is 5.56 Å². The fourth-order valence-corrected chi connectivity index (χ4v) is 3.33. The molecule has 0 aliphatic heterocycles. The van der Waals surface area contributed by atoms with Crippen LogP contribution in [0.15, 0.2) is 42.5 Å². The second-order valence-corrected chi connectivity index (χ2v) is 8.17. The quantitative estimate of drug-likeness (QED) is 0.621. The molecule has 0 aliphatic rings. The van der Waals surface area contributed by atoms with Crippen LogP contribution in [-0.4, -0.2) is 26.8 Å². The summed E-state index contributed by atoms with van der Waals surface area (Å²) in [5.41, 5.74) is 1.55. The molecule has 0 spiro atoms. The monoisotopic (exact) mass is 429 g/mol. The zero-order valence-electron chi connectivity index (χ0n) is 14.0. The van der Waals surface area contributed by atoms with Crippen LogP contribution in [0.25, 0.3) is 0 Å². The zero-order valence-corrected chi connectivity index (χ0v) is 16.4. The lowest BCUT2D eigenvalue weighted by atomic mass is 10.1. The molecule has 2 aromatic carbocycles. The first-order chi connectivity index (χ1) is 12.6. The van der Waals surface area contributed by atoms with Gasteiger partial charge in [-0.15, -0.1) is 0 Å². The van der Waals surface area contributed by atoms with E-state index in [4.69, 9.17) is 28.3 Å². The average molecular weight is 430 g/mol. The van der Waals surface area contributed by atoms with Gasteiger partial charge < -0.3 is 10.6 Å². The van der Waals surface area contributed by atoms with E-state index in [1.54, 1.807) is 24.3 Å². The number of nitrogens with one attached hydrogen (secondary N) is 2. The summed E-state index contributed by atoms with van der Waals surface area (Å²) in [6, 6.07) is 11.1. The molecule has 27 heavy (non-hydrogen) atoms. The third kappa shape index (κ3) is 7.18. The van der Waals surface area contributed by atoms with E-state index in [1.165, 1.54) is 18.2 Å². The molecule has 0 unspecified atom stereocenters. The maximum absolute atomic E-state index is 12.0. The van der Waals surface area contributed by atoms with E-state index in [0.29, 0.717) is 10.6 Å². The van der Waals surface area contributed by atoms with Crippen molar-refractivity contribution in [2.75, 3.05) is 6.54 Å². The van der Waals surface area contributed by atoms with Gasteiger partial charge in [0.25, 0.3) is 5.91 Å². The van der Waals surface area contributed by atoms with E-state index in [2.05, 4.69) is 10.6 Å². The number of amides is 2. The SMILES string of the molecule is NS(=O)(=O)Cc1ccc(CNC(=O)CNC(=O)c2ccc(Cl)cc2Cl)cc1. The van der Waals surface area contributed by atoms with Crippen molar-refractivity contribution in [2.45, 2.75) is 12.3 Å². The molecule has 0 fully saturated rings. The van der Waals surface area contributed by atoms with E-state index in [-0.39, 0.29) is 35.3 Å². The number of halogens is 2. The van der Waals surface area contributed by atoms with Gasteiger partial charge in [0, 0.05) is 11.6 Å². The number of hydrogen-bond donors (Lipinski definition) is 3. The third-order valence-corrected chi connectivity index (χ3v) is 4.75. The van der Waals surface area contributed by atoms with Crippen LogP contribution in [0.5, 0.6) is 0 Å². The minimum Gasteiger partial charge on any atom is -0.350 e. The lowest BCUT2D eigenvalue weighted by molar-refractivity contribution is -0.120. The van der Waals surface area contributed by atoms with Gasteiger partial charge in [0.05, 0.1) is 22.9 Å². The van der Waals surface area contributed by atoms with Gasteiger partial charge in [0.15, 0.2) is 0 Å². The number of carbonyl (C=O) groups is 2. The highest BCUT2D eigenvalue weighted by atomic mass is 35.5. The van der Waals surface area contributed by atoms with Crippen molar-refractivity contribution in [3.05, 3.63) is 69.2 Å². The summed E-state index contributed by atoms with van der Waals surface area (Å²) < 4.78 is 22.1. The highest BCUT2D eigenvalue weighted by Crippen LogP contribution is 2.20. The molecule has 2 aromatic rings. The fourth-order valence-electron chi connectivity index (χ4n) is 2.18. The summed E-state index contributed by atoms with van der Waals surface area (Å²) >= 11 is 11.7. The first-order valence-electron chi connectivity index (χ1n) is 7.72. The van der Waals surface area contributed by atoms with Gasteiger partial charge >= 0.3 is 0 Å². The average Bonchev–Trinajstić information content (AvgIpc) is 2.57. The summed E-state index contributed by atoms with van der Waals surface area (Å²) in [4.78, 5) is 23.9. The predicted molar refractivity (Wildman–Crippen MR) is 104 cm³/mol. The Balaban J connectivity index is 1.81. The number of carbonyl (C=O) groups excluding carboxylic acids is 2. The van der Waals surface area contributed by atoms with Gasteiger partial charge in [-0.25, -0.2) is 13.6 Å². The van der Waals surface area contributed by atoms with Crippen LogP contribution < -0.4 is 15.8 Å². The second-order valence-electron chi connectivity index (χ2n) is 5.71. The van der Waals surface area contributed by atoms with Crippen molar-refractivity contribution in [3.8, 4) is 0 Å². The first-order valence-corrected chi connectivity index (χ1v) is 10.2. The van der Waals surface area contributed by atoms with Crippen molar-refractivity contribution in [3.63, 3.8) is 0 Å². The van der Waals surface area contributed by atoms with Gasteiger partial charge in [0.2, 0.25) is 15.9 Å². The third-order valence-electron chi connectivity index (χ3n) is 3.47. The maximum atomic E-state index is 12.0. The summed E-state index contributed by atoms with van der Waals surface area (Å²) in [6.07, 6.45) is 0. The molecule has 0 aromatic heterocycles. The van der Waals surface area contributed by atoms with Gasteiger partial charge in [-0.2, -0.15) is 0 Å². The largest absolute Gasteiger partial charge is 0.350 e. The number of sulfonamides is 1. The molecule has 10 heteroatoms. The van der Waals surface area contributed by atoms with Crippen molar-refractivity contribution in [1.82, 2.24) is 10.6 Å². The zero-order chi connectivity index (χ0) is 20.0. The van der Waals surface area contributed by atoms with Gasteiger partial charge in [0.1, 0.15) is 0 Å². The van der Waals surface area contributed by atoms with Crippen LogP contribution in [0.2, 0.25) is 10.0 Å². The lowest BCUT2D eigenvalue weighted by Crippen LogP contribution is -2.36. The minimum absolute atomic E-state index is 0.194. The summed E-state index contributed by atoms with van der Waals surface area (Å²) in [5, 5.41) is 10.7. The Kier molecular flexibility index (Phi) is 7.20. The molecule has 7 nitrogen and oxygen atoms in total. The summed E-state index contributed by atoms with van der Waals surface area (Å²) in [7, 11) is -3.59. The highest BCUT2D eigenvalue weighted by Gasteiger charge is 2.12. The predicted octanol–water partition coefficient (Wildman–Crippen LogP) is 1.83. The van der Waals surface area contributed by atoms with Crippen molar-refractivity contribution < 1.29 is 18.0 Å². The molecular weight excluding hydrogens is 413 g/mol. The number of nitrogens with two attached hydrogens (primary N) is 1. The Labute approximate surface area is 166 Å².